The summed E-state index contributed by atoms with van der Waals surface area (Å²) in [5.74, 6) is 0.605. The Hall–Kier alpha value is -0.0800. The molecule has 12 heavy (non-hydrogen) atoms. The maximum absolute atomic E-state index is 5.97. The zero-order valence-electron chi connectivity index (χ0n) is 8.80. The highest BCUT2D eigenvalue weighted by Crippen LogP contribution is 2.28. The summed E-state index contributed by atoms with van der Waals surface area (Å²) in [4.78, 5) is 2.45. The Morgan fingerprint density at radius 1 is 1.33 bits per heavy atom. The molecule has 0 bridgehead atoms. The Bertz CT molecular complexity index is 144. The van der Waals surface area contributed by atoms with E-state index >= 15 is 0 Å². The molecule has 0 amide bonds. The third-order valence-electron chi connectivity index (χ3n) is 2.63. The second-order valence-corrected chi connectivity index (χ2v) is 5.24. The number of hydrogen-bond acceptors (Lipinski definition) is 2. The number of nitrogens with two attached hydrogens (primary N) is 1. The fraction of sp³-hybridized carbons (Fsp3) is 1.00. The van der Waals surface area contributed by atoms with Crippen molar-refractivity contribution < 1.29 is 0 Å². The largest absolute Gasteiger partial charge is 0.326 e. The number of rotatable bonds is 3. The molecule has 1 heterocycles. The molecular weight excluding hydrogens is 148 g/mol. The molecule has 2 nitrogen and oxygen atoms in total. The van der Waals surface area contributed by atoms with Gasteiger partial charge in [-0.05, 0) is 11.3 Å². The first-order valence-electron chi connectivity index (χ1n) is 4.89. The standard InChI is InChI=1S/C10H22N2/c1-8(2)9(11)5-12-6-10(3,4)7-12/h8-9H,5-7,11H2,1-4H3. The van der Waals surface area contributed by atoms with E-state index in [-0.39, 0.29) is 0 Å². The molecule has 1 unspecified atom stereocenters. The molecular formula is C10H22N2. The third kappa shape index (κ3) is 2.46. The van der Waals surface area contributed by atoms with Gasteiger partial charge in [0.05, 0.1) is 0 Å². The molecule has 72 valence electrons. The van der Waals surface area contributed by atoms with Crippen LogP contribution in [0.5, 0.6) is 0 Å². The van der Waals surface area contributed by atoms with Crippen LogP contribution in [0.4, 0.5) is 0 Å². The highest BCUT2D eigenvalue weighted by Gasteiger charge is 2.34. The van der Waals surface area contributed by atoms with Crippen LogP contribution in [0, 0.1) is 11.3 Å². The SMILES string of the molecule is CC(C)C(N)CN1CC(C)(C)C1. The summed E-state index contributed by atoms with van der Waals surface area (Å²) in [7, 11) is 0. The van der Waals surface area contributed by atoms with Crippen molar-refractivity contribution >= 4 is 0 Å². The summed E-state index contributed by atoms with van der Waals surface area (Å²) < 4.78 is 0. The van der Waals surface area contributed by atoms with Crippen molar-refractivity contribution in [3.8, 4) is 0 Å². The van der Waals surface area contributed by atoms with E-state index in [1.807, 2.05) is 0 Å². The zero-order valence-corrected chi connectivity index (χ0v) is 8.80. The van der Waals surface area contributed by atoms with E-state index in [1.54, 1.807) is 0 Å². The molecule has 1 saturated heterocycles. The summed E-state index contributed by atoms with van der Waals surface area (Å²) in [5, 5.41) is 0. The third-order valence-corrected chi connectivity index (χ3v) is 2.63. The monoisotopic (exact) mass is 170 g/mol. The van der Waals surface area contributed by atoms with Crippen molar-refractivity contribution in [1.82, 2.24) is 4.90 Å². The minimum Gasteiger partial charge on any atom is -0.326 e. The lowest BCUT2D eigenvalue weighted by atomic mass is 9.84. The van der Waals surface area contributed by atoms with Crippen molar-refractivity contribution in [2.45, 2.75) is 33.7 Å². The van der Waals surface area contributed by atoms with E-state index in [0.29, 0.717) is 17.4 Å². The minimum atomic E-state index is 0.348. The second kappa shape index (κ2) is 3.35. The van der Waals surface area contributed by atoms with Gasteiger partial charge in [-0.2, -0.15) is 0 Å². The van der Waals surface area contributed by atoms with E-state index in [2.05, 4.69) is 32.6 Å². The molecule has 0 aliphatic carbocycles. The van der Waals surface area contributed by atoms with Crippen molar-refractivity contribution in [2.24, 2.45) is 17.1 Å². The van der Waals surface area contributed by atoms with Gasteiger partial charge in [-0.3, -0.25) is 0 Å². The van der Waals surface area contributed by atoms with Crippen LogP contribution in [0.1, 0.15) is 27.7 Å². The molecule has 1 fully saturated rings. The molecule has 1 rings (SSSR count). The van der Waals surface area contributed by atoms with Gasteiger partial charge in [-0.15, -0.1) is 0 Å². The van der Waals surface area contributed by atoms with Crippen LogP contribution >= 0.6 is 0 Å². The highest BCUT2D eigenvalue weighted by molar-refractivity contribution is 4.89. The van der Waals surface area contributed by atoms with Gasteiger partial charge in [0, 0.05) is 25.7 Å². The van der Waals surface area contributed by atoms with Gasteiger partial charge in [0.2, 0.25) is 0 Å². The van der Waals surface area contributed by atoms with Crippen molar-refractivity contribution in [3.63, 3.8) is 0 Å². The molecule has 0 saturated carbocycles. The first-order chi connectivity index (χ1) is 5.41. The zero-order chi connectivity index (χ0) is 9.35. The highest BCUT2D eigenvalue weighted by atomic mass is 15.2. The lowest BCUT2D eigenvalue weighted by Gasteiger charge is -2.47. The van der Waals surface area contributed by atoms with Crippen LogP contribution in [0.3, 0.4) is 0 Å². The Balaban J connectivity index is 2.19. The second-order valence-electron chi connectivity index (χ2n) is 5.24. The van der Waals surface area contributed by atoms with E-state index < -0.39 is 0 Å². The van der Waals surface area contributed by atoms with Gasteiger partial charge >= 0.3 is 0 Å². The smallest absolute Gasteiger partial charge is 0.0191 e. The van der Waals surface area contributed by atoms with Crippen molar-refractivity contribution in [3.05, 3.63) is 0 Å². The summed E-state index contributed by atoms with van der Waals surface area (Å²) in [6.45, 7) is 12.5. The Morgan fingerprint density at radius 2 is 1.83 bits per heavy atom. The Morgan fingerprint density at radius 3 is 2.17 bits per heavy atom. The van der Waals surface area contributed by atoms with Crippen LogP contribution < -0.4 is 5.73 Å². The van der Waals surface area contributed by atoms with E-state index in [4.69, 9.17) is 5.73 Å². The molecule has 2 N–H and O–H groups in total. The minimum absolute atomic E-state index is 0.348. The van der Waals surface area contributed by atoms with Gasteiger partial charge < -0.3 is 10.6 Å². The summed E-state index contributed by atoms with van der Waals surface area (Å²) in [5.41, 5.74) is 6.51. The Kier molecular flexibility index (Phi) is 2.79. The lowest BCUT2D eigenvalue weighted by Crippen LogP contribution is -2.56. The van der Waals surface area contributed by atoms with Gasteiger partial charge in [0.15, 0.2) is 0 Å². The molecule has 0 radical (unpaired) electrons. The van der Waals surface area contributed by atoms with E-state index in [1.165, 1.54) is 13.1 Å². The van der Waals surface area contributed by atoms with Crippen LogP contribution in [-0.4, -0.2) is 30.6 Å². The predicted octanol–water partition coefficient (Wildman–Crippen LogP) is 1.31. The average Bonchev–Trinajstić information content (AvgIpc) is 1.83. The van der Waals surface area contributed by atoms with E-state index in [0.717, 1.165) is 6.54 Å². The maximum Gasteiger partial charge on any atom is 0.0191 e. The first-order valence-corrected chi connectivity index (χ1v) is 4.89. The molecule has 1 aliphatic rings. The molecule has 2 heteroatoms. The van der Waals surface area contributed by atoms with Crippen molar-refractivity contribution in [1.29, 1.82) is 0 Å². The lowest BCUT2D eigenvalue weighted by molar-refractivity contribution is 0.0230. The maximum atomic E-state index is 5.97. The van der Waals surface area contributed by atoms with Gasteiger partial charge in [-0.1, -0.05) is 27.7 Å². The fourth-order valence-corrected chi connectivity index (χ4v) is 1.80. The summed E-state index contributed by atoms with van der Waals surface area (Å²) >= 11 is 0. The van der Waals surface area contributed by atoms with Crippen LogP contribution in [0.2, 0.25) is 0 Å². The number of hydrogen-bond donors (Lipinski definition) is 1. The first kappa shape index (κ1) is 10.0. The number of likely N-dealkylation sites (tertiary alicyclic amines) is 1. The van der Waals surface area contributed by atoms with E-state index in [9.17, 15) is 0 Å². The van der Waals surface area contributed by atoms with Gasteiger partial charge in [0.25, 0.3) is 0 Å². The van der Waals surface area contributed by atoms with Crippen molar-refractivity contribution in [2.75, 3.05) is 19.6 Å². The van der Waals surface area contributed by atoms with Crippen LogP contribution in [0.15, 0.2) is 0 Å². The van der Waals surface area contributed by atoms with Crippen LogP contribution in [0.25, 0.3) is 0 Å². The predicted molar refractivity (Wildman–Crippen MR) is 53.0 cm³/mol. The normalized spacial score (nSPS) is 25.5. The van der Waals surface area contributed by atoms with Crippen LogP contribution in [-0.2, 0) is 0 Å². The molecule has 1 atom stereocenters. The fourth-order valence-electron chi connectivity index (χ4n) is 1.80. The average molecular weight is 170 g/mol. The number of nitrogens with zero attached hydrogens (tertiary/aromatic N) is 1. The van der Waals surface area contributed by atoms with Gasteiger partial charge in [0.1, 0.15) is 0 Å². The molecule has 0 aromatic heterocycles. The molecule has 0 aromatic carbocycles. The molecule has 0 aromatic rings. The Labute approximate surface area is 76.1 Å². The summed E-state index contributed by atoms with van der Waals surface area (Å²) in [6.07, 6.45) is 0. The molecule has 0 spiro atoms. The van der Waals surface area contributed by atoms with Gasteiger partial charge in [-0.25, -0.2) is 0 Å². The quantitative estimate of drug-likeness (QED) is 0.692. The summed E-state index contributed by atoms with van der Waals surface area (Å²) in [6, 6.07) is 0.348. The topological polar surface area (TPSA) is 29.3 Å². The molecule has 1 aliphatic heterocycles.